The lowest BCUT2D eigenvalue weighted by Gasteiger charge is -2.28. The van der Waals surface area contributed by atoms with Gasteiger partial charge in [0.15, 0.2) is 23.2 Å². The highest BCUT2D eigenvalue weighted by Crippen LogP contribution is 2.39. The average Bonchev–Trinajstić information content (AvgIpc) is 3.78. The molecular formula is C28H25F2N5O2. The highest BCUT2D eigenvalue weighted by molar-refractivity contribution is 6.11. The van der Waals surface area contributed by atoms with Crippen molar-refractivity contribution in [2.24, 2.45) is 5.92 Å². The van der Waals surface area contributed by atoms with Gasteiger partial charge in [-0.05, 0) is 60.4 Å². The lowest BCUT2D eigenvalue weighted by molar-refractivity contribution is 0.0968. The number of nitrogens with one attached hydrogen (secondary N) is 2. The molecule has 0 spiro atoms. The van der Waals surface area contributed by atoms with Crippen LogP contribution < -0.4 is 15.5 Å². The van der Waals surface area contributed by atoms with E-state index in [-0.39, 0.29) is 17.3 Å². The number of anilines is 3. The monoisotopic (exact) mass is 501 g/mol. The molecule has 0 bridgehead atoms. The van der Waals surface area contributed by atoms with Gasteiger partial charge in [-0.3, -0.25) is 9.78 Å². The van der Waals surface area contributed by atoms with Crippen LogP contribution in [0.25, 0.3) is 22.0 Å². The Bertz CT molecular complexity index is 1480. The smallest absolute Gasteiger partial charge is 0.187 e. The van der Waals surface area contributed by atoms with Gasteiger partial charge in [0.25, 0.3) is 0 Å². The fourth-order valence-electron chi connectivity index (χ4n) is 4.68. The minimum absolute atomic E-state index is 0.0171. The quantitative estimate of drug-likeness (QED) is 0.320. The molecule has 0 amide bonds. The summed E-state index contributed by atoms with van der Waals surface area (Å²) in [5, 5.41) is 16.8. The molecule has 3 N–H and O–H groups in total. The molecule has 1 saturated carbocycles. The normalized spacial score (nSPS) is 15.7. The SMILES string of the molecule is O=C(c1cnc2ccc(-c3cc(F)c(O)c(F)c3)cc2c1Nc1ccc(N2CCNCC2)nc1)C1CC1. The molecule has 1 aliphatic carbocycles. The Kier molecular flexibility index (Phi) is 5.92. The van der Waals surface area contributed by atoms with Crippen LogP contribution in [0.5, 0.6) is 5.75 Å². The highest BCUT2D eigenvalue weighted by Gasteiger charge is 2.32. The van der Waals surface area contributed by atoms with Crippen LogP contribution in [0, 0.1) is 17.6 Å². The Balaban J connectivity index is 1.42. The van der Waals surface area contributed by atoms with Crippen molar-refractivity contribution < 1.29 is 18.7 Å². The molecule has 2 aromatic heterocycles. The molecule has 2 fully saturated rings. The largest absolute Gasteiger partial charge is 0.503 e. The molecule has 6 rings (SSSR count). The van der Waals surface area contributed by atoms with Gasteiger partial charge in [0.05, 0.1) is 28.7 Å². The van der Waals surface area contributed by atoms with Crippen LogP contribution in [-0.4, -0.2) is 47.0 Å². The molecule has 1 saturated heterocycles. The number of carbonyl (C=O) groups excluding carboxylic acids is 1. The van der Waals surface area contributed by atoms with Gasteiger partial charge in [0.1, 0.15) is 5.82 Å². The van der Waals surface area contributed by atoms with Crippen LogP contribution >= 0.6 is 0 Å². The van der Waals surface area contributed by atoms with Crippen LogP contribution in [0.15, 0.2) is 54.9 Å². The van der Waals surface area contributed by atoms with E-state index in [1.54, 1.807) is 30.6 Å². The number of hydrogen-bond acceptors (Lipinski definition) is 7. The fraction of sp³-hybridized carbons (Fsp3) is 0.250. The number of rotatable bonds is 6. The van der Waals surface area contributed by atoms with Gasteiger partial charge in [-0.25, -0.2) is 13.8 Å². The number of aromatic nitrogens is 2. The van der Waals surface area contributed by atoms with Crippen molar-refractivity contribution in [3.63, 3.8) is 0 Å². The number of benzene rings is 2. The van der Waals surface area contributed by atoms with E-state index < -0.39 is 17.4 Å². The lowest BCUT2D eigenvalue weighted by Crippen LogP contribution is -2.43. The van der Waals surface area contributed by atoms with Crippen molar-refractivity contribution in [2.75, 3.05) is 36.4 Å². The molecule has 9 heteroatoms. The first-order valence-corrected chi connectivity index (χ1v) is 12.3. The van der Waals surface area contributed by atoms with Crippen LogP contribution in [0.4, 0.5) is 26.0 Å². The third-order valence-electron chi connectivity index (χ3n) is 6.89. The van der Waals surface area contributed by atoms with E-state index >= 15 is 0 Å². The average molecular weight is 502 g/mol. The number of phenols is 1. The van der Waals surface area contributed by atoms with Gasteiger partial charge in [-0.15, -0.1) is 0 Å². The minimum Gasteiger partial charge on any atom is -0.503 e. The first-order valence-electron chi connectivity index (χ1n) is 12.3. The predicted octanol–water partition coefficient (Wildman–Crippen LogP) is 5.03. The van der Waals surface area contributed by atoms with Crippen molar-refractivity contribution >= 4 is 33.9 Å². The van der Waals surface area contributed by atoms with Crippen LogP contribution in [0.1, 0.15) is 23.2 Å². The Morgan fingerprint density at radius 3 is 2.41 bits per heavy atom. The number of carbonyl (C=O) groups is 1. The summed E-state index contributed by atoms with van der Waals surface area (Å²) in [6, 6.07) is 11.2. The zero-order chi connectivity index (χ0) is 25.5. The third-order valence-corrected chi connectivity index (χ3v) is 6.89. The van der Waals surface area contributed by atoms with Crippen LogP contribution in [0.3, 0.4) is 0 Å². The second-order valence-electron chi connectivity index (χ2n) is 9.47. The van der Waals surface area contributed by atoms with E-state index in [1.807, 2.05) is 12.1 Å². The molecule has 0 unspecified atom stereocenters. The number of nitrogens with zero attached hydrogens (tertiary/aromatic N) is 3. The summed E-state index contributed by atoms with van der Waals surface area (Å²) in [6.07, 6.45) is 5.03. The first kappa shape index (κ1) is 23.3. The Hall–Kier alpha value is -4.11. The van der Waals surface area contributed by atoms with Gasteiger partial charge < -0.3 is 20.6 Å². The van der Waals surface area contributed by atoms with Crippen molar-refractivity contribution in [1.29, 1.82) is 0 Å². The number of piperazine rings is 1. The number of fused-ring (bicyclic) bond motifs is 1. The van der Waals surface area contributed by atoms with E-state index in [4.69, 9.17) is 0 Å². The summed E-state index contributed by atoms with van der Waals surface area (Å²) in [6.45, 7) is 3.59. The zero-order valence-corrected chi connectivity index (χ0v) is 20.0. The number of Topliss-reactive ketones (excluding diaryl/α,β-unsaturated/α-hetero) is 1. The molecule has 7 nitrogen and oxygen atoms in total. The molecule has 2 aliphatic rings. The summed E-state index contributed by atoms with van der Waals surface area (Å²) in [7, 11) is 0. The number of pyridine rings is 2. The number of hydrogen-bond donors (Lipinski definition) is 3. The maximum Gasteiger partial charge on any atom is 0.187 e. The Labute approximate surface area is 212 Å². The fourth-order valence-corrected chi connectivity index (χ4v) is 4.68. The molecule has 2 aromatic carbocycles. The second kappa shape index (κ2) is 9.40. The van der Waals surface area contributed by atoms with E-state index in [1.165, 1.54) is 0 Å². The molecular weight excluding hydrogens is 476 g/mol. The van der Waals surface area contributed by atoms with Gasteiger partial charge >= 0.3 is 0 Å². The Morgan fingerprint density at radius 2 is 1.73 bits per heavy atom. The summed E-state index contributed by atoms with van der Waals surface area (Å²) in [5.41, 5.74) is 3.19. The maximum absolute atomic E-state index is 14.1. The van der Waals surface area contributed by atoms with Gasteiger partial charge in [-0.2, -0.15) is 0 Å². The third kappa shape index (κ3) is 4.58. The van der Waals surface area contributed by atoms with E-state index in [0.717, 1.165) is 57.0 Å². The maximum atomic E-state index is 14.1. The summed E-state index contributed by atoms with van der Waals surface area (Å²) >= 11 is 0. The van der Waals surface area contributed by atoms with Crippen molar-refractivity contribution in [3.05, 3.63) is 72.1 Å². The predicted molar refractivity (Wildman–Crippen MR) is 138 cm³/mol. The Morgan fingerprint density at radius 1 is 0.973 bits per heavy atom. The lowest BCUT2D eigenvalue weighted by atomic mass is 9.98. The molecule has 0 atom stereocenters. The van der Waals surface area contributed by atoms with Gasteiger partial charge in [-0.1, -0.05) is 6.07 Å². The zero-order valence-electron chi connectivity index (χ0n) is 20.0. The van der Waals surface area contributed by atoms with Gasteiger partial charge in [0.2, 0.25) is 0 Å². The minimum atomic E-state index is -1.04. The summed E-state index contributed by atoms with van der Waals surface area (Å²) < 4.78 is 28.1. The topological polar surface area (TPSA) is 90.4 Å². The standard InChI is InChI=1S/C28H25F2N5O2/c29-22-12-18(13-23(30)28(22)37)17-3-5-24-20(11-17)26(21(15-32-24)27(36)16-1-2-16)34-19-4-6-25(33-14-19)35-9-7-31-8-10-35/h3-6,11-16,31,37H,1-2,7-10H2,(H,32,34). The molecule has 4 aromatic rings. The summed E-state index contributed by atoms with van der Waals surface area (Å²) in [4.78, 5) is 24.5. The first-order chi connectivity index (χ1) is 18.0. The van der Waals surface area contributed by atoms with Gasteiger partial charge in [0, 0.05) is 43.7 Å². The molecule has 1 aliphatic heterocycles. The van der Waals surface area contributed by atoms with E-state index in [2.05, 4.69) is 25.5 Å². The van der Waals surface area contributed by atoms with Crippen molar-refractivity contribution in [3.8, 4) is 16.9 Å². The number of halogens is 2. The molecule has 188 valence electrons. The summed E-state index contributed by atoms with van der Waals surface area (Å²) in [5.74, 6) is -2.20. The van der Waals surface area contributed by atoms with Crippen LogP contribution in [0.2, 0.25) is 0 Å². The molecule has 37 heavy (non-hydrogen) atoms. The second-order valence-corrected chi connectivity index (χ2v) is 9.47. The van der Waals surface area contributed by atoms with E-state index in [9.17, 15) is 18.7 Å². The molecule has 0 radical (unpaired) electrons. The number of aromatic hydroxyl groups is 1. The van der Waals surface area contributed by atoms with Crippen LogP contribution in [-0.2, 0) is 0 Å². The van der Waals surface area contributed by atoms with E-state index in [0.29, 0.717) is 33.4 Å². The number of phenolic OH excluding ortho intramolecular Hbond substituents is 1. The molecule has 3 heterocycles. The number of ketones is 1. The van der Waals surface area contributed by atoms with Crippen molar-refractivity contribution in [1.82, 2.24) is 15.3 Å². The van der Waals surface area contributed by atoms with Crippen molar-refractivity contribution in [2.45, 2.75) is 12.8 Å². The highest BCUT2D eigenvalue weighted by atomic mass is 19.1.